The first kappa shape index (κ1) is 19.3. The van der Waals surface area contributed by atoms with Crippen LogP contribution in [0.2, 0.25) is 0 Å². The standard InChI is InChI=1S/C19H23N3O4S/c1-14-12-18(22-26-14)21-19(23)16-8-5-9-17(13-16)27(24,25)20-11-10-15-6-3-2-4-7-15/h5-6,8-9,12-13,20H,2-4,7,10-11H2,1H3,(H,21,22,23). The molecule has 0 saturated carbocycles. The first-order chi connectivity index (χ1) is 12.9. The molecule has 1 aliphatic rings. The molecule has 0 bridgehead atoms. The zero-order chi connectivity index (χ0) is 19.3. The summed E-state index contributed by atoms with van der Waals surface area (Å²) in [6.45, 7) is 2.06. The number of nitrogens with one attached hydrogen (secondary N) is 2. The molecular formula is C19H23N3O4S. The third-order valence-corrected chi connectivity index (χ3v) is 5.86. The number of anilines is 1. The van der Waals surface area contributed by atoms with E-state index < -0.39 is 15.9 Å². The Bertz CT molecular complexity index is 947. The molecule has 8 heteroatoms. The van der Waals surface area contributed by atoms with Crippen molar-refractivity contribution in [2.75, 3.05) is 11.9 Å². The van der Waals surface area contributed by atoms with E-state index in [1.165, 1.54) is 30.5 Å². The van der Waals surface area contributed by atoms with Gasteiger partial charge < -0.3 is 9.84 Å². The van der Waals surface area contributed by atoms with Gasteiger partial charge in [0.1, 0.15) is 5.76 Å². The van der Waals surface area contributed by atoms with Crippen LogP contribution in [-0.4, -0.2) is 26.0 Å². The fraction of sp³-hybridized carbons (Fsp3) is 0.368. The highest BCUT2D eigenvalue weighted by molar-refractivity contribution is 7.89. The maximum atomic E-state index is 12.5. The van der Waals surface area contributed by atoms with Gasteiger partial charge in [-0.2, -0.15) is 0 Å². The summed E-state index contributed by atoms with van der Waals surface area (Å²) >= 11 is 0. The van der Waals surface area contributed by atoms with E-state index in [1.54, 1.807) is 25.1 Å². The topological polar surface area (TPSA) is 101 Å². The maximum absolute atomic E-state index is 12.5. The summed E-state index contributed by atoms with van der Waals surface area (Å²) in [5, 5.41) is 6.27. The van der Waals surface area contributed by atoms with Crippen molar-refractivity contribution in [2.45, 2.75) is 43.9 Å². The lowest BCUT2D eigenvalue weighted by Crippen LogP contribution is -2.25. The predicted octanol–water partition coefficient (Wildman–Crippen LogP) is 3.40. The molecule has 1 amide bonds. The van der Waals surface area contributed by atoms with Crippen LogP contribution in [-0.2, 0) is 10.0 Å². The summed E-state index contributed by atoms with van der Waals surface area (Å²) in [5.74, 6) is 0.399. The van der Waals surface area contributed by atoms with Gasteiger partial charge in [-0.15, -0.1) is 0 Å². The lowest BCUT2D eigenvalue weighted by Gasteiger charge is -2.13. The number of carbonyl (C=O) groups is 1. The number of aromatic nitrogens is 1. The van der Waals surface area contributed by atoms with E-state index in [-0.39, 0.29) is 16.3 Å². The van der Waals surface area contributed by atoms with Gasteiger partial charge in [0.25, 0.3) is 5.91 Å². The minimum atomic E-state index is -3.68. The fourth-order valence-electron chi connectivity index (χ4n) is 2.98. The van der Waals surface area contributed by atoms with Crippen LogP contribution in [0, 0.1) is 6.92 Å². The molecule has 1 aromatic heterocycles. The molecule has 0 unspecified atom stereocenters. The number of amides is 1. The van der Waals surface area contributed by atoms with Crippen molar-refractivity contribution in [1.29, 1.82) is 0 Å². The highest BCUT2D eigenvalue weighted by Crippen LogP contribution is 2.20. The number of carbonyl (C=O) groups excluding carboxylic acids is 1. The highest BCUT2D eigenvalue weighted by atomic mass is 32.2. The minimum Gasteiger partial charge on any atom is -0.360 e. The average Bonchev–Trinajstić information content (AvgIpc) is 3.07. The molecule has 0 saturated heterocycles. The van der Waals surface area contributed by atoms with E-state index in [0.717, 1.165) is 12.8 Å². The first-order valence-corrected chi connectivity index (χ1v) is 10.4. The minimum absolute atomic E-state index is 0.0594. The van der Waals surface area contributed by atoms with Gasteiger partial charge in [0.15, 0.2) is 5.82 Å². The second kappa shape index (κ2) is 8.49. The van der Waals surface area contributed by atoms with Crippen LogP contribution in [0.3, 0.4) is 0 Å². The summed E-state index contributed by atoms with van der Waals surface area (Å²) in [7, 11) is -3.68. The number of allylic oxidation sites excluding steroid dienone is 1. The number of sulfonamides is 1. The molecule has 144 valence electrons. The molecule has 3 rings (SSSR count). The van der Waals surface area contributed by atoms with Crippen molar-refractivity contribution in [3.8, 4) is 0 Å². The molecule has 1 heterocycles. The van der Waals surface area contributed by atoms with E-state index in [0.29, 0.717) is 18.7 Å². The van der Waals surface area contributed by atoms with Gasteiger partial charge in [-0.3, -0.25) is 4.79 Å². The Morgan fingerprint density at radius 3 is 2.81 bits per heavy atom. The van der Waals surface area contributed by atoms with Crippen LogP contribution >= 0.6 is 0 Å². The van der Waals surface area contributed by atoms with E-state index in [2.05, 4.69) is 21.3 Å². The SMILES string of the molecule is Cc1cc(NC(=O)c2cccc(S(=O)(=O)NCCC3=CCCCC3)c2)no1. The molecule has 7 nitrogen and oxygen atoms in total. The van der Waals surface area contributed by atoms with E-state index >= 15 is 0 Å². The molecule has 1 aliphatic carbocycles. The number of hydrogen-bond acceptors (Lipinski definition) is 5. The summed E-state index contributed by atoms with van der Waals surface area (Å²) in [6.07, 6.45) is 7.40. The molecule has 0 aliphatic heterocycles. The second-order valence-electron chi connectivity index (χ2n) is 6.56. The van der Waals surface area contributed by atoms with Gasteiger partial charge >= 0.3 is 0 Å². The van der Waals surface area contributed by atoms with Crippen molar-refractivity contribution in [2.24, 2.45) is 0 Å². The summed E-state index contributed by atoms with van der Waals surface area (Å²) in [6, 6.07) is 7.50. The Kier molecular flexibility index (Phi) is 6.08. The Morgan fingerprint density at radius 2 is 2.11 bits per heavy atom. The van der Waals surface area contributed by atoms with Crippen LogP contribution in [0.1, 0.15) is 48.2 Å². The molecular weight excluding hydrogens is 366 g/mol. The summed E-state index contributed by atoms with van der Waals surface area (Å²) in [4.78, 5) is 12.4. The molecule has 0 radical (unpaired) electrons. The maximum Gasteiger partial charge on any atom is 0.256 e. The van der Waals surface area contributed by atoms with Crippen molar-refractivity contribution >= 4 is 21.7 Å². The van der Waals surface area contributed by atoms with Gasteiger partial charge in [0.05, 0.1) is 4.90 Å². The van der Waals surface area contributed by atoms with Gasteiger partial charge in [-0.25, -0.2) is 13.1 Å². The molecule has 2 aromatic rings. The fourth-order valence-corrected chi connectivity index (χ4v) is 4.06. The quantitative estimate of drug-likeness (QED) is 0.707. The number of rotatable bonds is 7. The van der Waals surface area contributed by atoms with Crippen LogP contribution < -0.4 is 10.0 Å². The molecule has 0 fully saturated rings. The van der Waals surface area contributed by atoms with Gasteiger partial charge in [0, 0.05) is 18.2 Å². The zero-order valence-corrected chi connectivity index (χ0v) is 16.0. The Morgan fingerprint density at radius 1 is 1.26 bits per heavy atom. The van der Waals surface area contributed by atoms with Gasteiger partial charge in [0.2, 0.25) is 10.0 Å². The third kappa shape index (κ3) is 5.27. The predicted molar refractivity (Wildman–Crippen MR) is 102 cm³/mol. The second-order valence-corrected chi connectivity index (χ2v) is 8.33. The lowest BCUT2D eigenvalue weighted by molar-refractivity contribution is 0.102. The van der Waals surface area contributed by atoms with E-state index in [4.69, 9.17) is 4.52 Å². The zero-order valence-electron chi connectivity index (χ0n) is 15.2. The highest BCUT2D eigenvalue weighted by Gasteiger charge is 2.17. The monoisotopic (exact) mass is 389 g/mol. The number of hydrogen-bond donors (Lipinski definition) is 2. The van der Waals surface area contributed by atoms with Crippen molar-refractivity contribution in [3.63, 3.8) is 0 Å². The Balaban J connectivity index is 1.64. The van der Waals surface area contributed by atoms with Crippen LogP contribution in [0.4, 0.5) is 5.82 Å². The Labute approximate surface area is 158 Å². The molecule has 0 spiro atoms. The first-order valence-electron chi connectivity index (χ1n) is 8.96. The van der Waals surface area contributed by atoms with Crippen LogP contribution in [0.5, 0.6) is 0 Å². The summed E-state index contributed by atoms with van der Waals surface area (Å²) in [5.41, 5.74) is 1.54. The lowest BCUT2D eigenvalue weighted by atomic mass is 9.97. The molecule has 0 atom stereocenters. The van der Waals surface area contributed by atoms with Crippen molar-refractivity contribution in [1.82, 2.24) is 9.88 Å². The molecule has 2 N–H and O–H groups in total. The van der Waals surface area contributed by atoms with Crippen LogP contribution in [0.15, 0.2) is 51.4 Å². The third-order valence-electron chi connectivity index (χ3n) is 4.40. The Hall–Kier alpha value is -2.45. The summed E-state index contributed by atoms with van der Waals surface area (Å²) < 4.78 is 32.6. The van der Waals surface area contributed by atoms with Gasteiger partial charge in [-0.05, 0) is 57.2 Å². The number of aryl methyl sites for hydroxylation is 1. The van der Waals surface area contributed by atoms with Crippen molar-refractivity contribution < 1.29 is 17.7 Å². The number of nitrogens with zero attached hydrogens (tertiary/aromatic N) is 1. The normalized spacial score (nSPS) is 14.6. The van der Waals surface area contributed by atoms with Gasteiger partial charge in [-0.1, -0.05) is 22.9 Å². The van der Waals surface area contributed by atoms with E-state index in [9.17, 15) is 13.2 Å². The molecule has 27 heavy (non-hydrogen) atoms. The average molecular weight is 389 g/mol. The smallest absolute Gasteiger partial charge is 0.256 e. The van der Waals surface area contributed by atoms with E-state index in [1.807, 2.05) is 0 Å². The van der Waals surface area contributed by atoms with Crippen LogP contribution in [0.25, 0.3) is 0 Å². The largest absolute Gasteiger partial charge is 0.360 e. The van der Waals surface area contributed by atoms with Crippen molar-refractivity contribution in [3.05, 3.63) is 53.3 Å². The molecule has 1 aromatic carbocycles. The number of benzene rings is 1.